The number of nitrogens with one attached hydrogen (secondary N) is 1. The summed E-state index contributed by atoms with van der Waals surface area (Å²) in [4.78, 5) is 0. The Labute approximate surface area is 74.7 Å². The van der Waals surface area contributed by atoms with Gasteiger partial charge in [-0.3, -0.25) is 0 Å². The summed E-state index contributed by atoms with van der Waals surface area (Å²) >= 11 is 0. The van der Waals surface area contributed by atoms with E-state index in [9.17, 15) is 0 Å². The lowest BCUT2D eigenvalue weighted by molar-refractivity contribution is -0.0974. The van der Waals surface area contributed by atoms with E-state index in [1.54, 1.807) is 0 Å². The molecule has 0 amide bonds. The SMILES string of the molecule is CC1CCCC2(CNCCO2)C1. The van der Waals surface area contributed by atoms with E-state index in [1.807, 2.05) is 0 Å². The van der Waals surface area contributed by atoms with Gasteiger partial charge in [-0.25, -0.2) is 0 Å². The quantitative estimate of drug-likeness (QED) is 0.594. The van der Waals surface area contributed by atoms with Gasteiger partial charge in [0.25, 0.3) is 0 Å². The molecule has 1 aliphatic heterocycles. The van der Waals surface area contributed by atoms with Crippen molar-refractivity contribution in [1.82, 2.24) is 5.32 Å². The summed E-state index contributed by atoms with van der Waals surface area (Å²) < 4.78 is 5.91. The molecule has 1 saturated heterocycles. The van der Waals surface area contributed by atoms with Crippen LogP contribution in [0.4, 0.5) is 0 Å². The Hall–Kier alpha value is -0.0800. The van der Waals surface area contributed by atoms with E-state index in [1.165, 1.54) is 25.7 Å². The molecule has 70 valence electrons. The molecule has 1 saturated carbocycles. The molecule has 1 aliphatic carbocycles. The van der Waals surface area contributed by atoms with Crippen LogP contribution in [0.25, 0.3) is 0 Å². The Morgan fingerprint density at radius 2 is 2.42 bits per heavy atom. The van der Waals surface area contributed by atoms with Crippen molar-refractivity contribution >= 4 is 0 Å². The molecule has 0 radical (unpaired) electrons. The fourth-order valence-electron chi connectivity index (χ4n) is 2.61. The molecule has 2 nitrogen and oxygen atoms in total. The number of morpholine rings is 1. The van der Waals surface area contributed by atoms with Crippen molar-refractivity contribution in [3.05, 3.63) is 0 Å². The number of hydrogen-bond donors (Lipinski definition) is 1. The van der Waals surface area contributed by atoms with Gasteiger partial charge < -0.3 is 10.1 Å². The topological polar surface area (TPSA) is 21.3 Å². The van der Waals surface area contributed by atoms with Crippen LogP contribution in [0, 0.1) is 5.92 Å². The minimum absolute atomic E-state index is 0.218. The maximum atomic E-state index is 5.91. The summed E-state index contributed by atoms with van der Waals surface area (Å²) in [6.45, 7) is 5.37. The lowest BCUT2D eigenvalue weighted by Crippen LogP contribution is -2.51. The second-order valence-corrected chi connectivity index (χ2v) is 4.41. The molecule has 0 aromatic rings. The third-order valence-electron chi connectivity index (χ3n) is 3.18. The van der Waals surface area contributed by atoms with Crippen LogP contribution in [-0.2, 0) is 4.74 Å². The molecule has 2 unspecified atom stereocenters. The van der Waals surface area contributed by atoms with E-state index in [0.717, 1.165) is 25.6 Å². The lowest BCUT2D eigenvalue weighted by Gasteiger charge is -2.42. The zero-order chi connectivity index (χ0) is 8.44. The standard InChI is InChI=1S/C10H19NO/c1-9-3-2-4-10(7-9)8-11-5-6-12-10/h9,11H,2-8H2,1H3. The molecule has 2 aliphatic rings. The fraction of sp³-hybridized carbons (Fsp3) is 1.00. The molecule has 1 heterocycles. The third-order valence-corrected chi connectivity index (χ3v) is 3.18. The van der Waals surface area contributed by atoms with Gasteiger partial charge >= 0.3 is 0 Å². The van der Waals surface area contributed by atoms with Crippen LogP contribution in [0.15, 0.2) is 0 Å². The van der Waals surface area contributed by atoms with Crippen molar-refractivity contribution in [1.29, 1.82) is 0 Å². The molecule has 2 heteroatoms. The van der Waals surface area contributed by atoms with E-state index < -0.39 is 0 Å². The van der Waals surface area contributed by atoms with E-state index in [2.05, 4.69) is 12.2 Å². The van der Waals surface area contributed by atoms with Gasteiger partial charge in [0.05, 0.1) is 12.2 Å². The first kappa shape index (κ1) is 8.52. The van der Waals surface area contributed by atoms with Crippen LogP contribution in [0.2, 0.25) is 0 Å². The monoisotopic (exact) mass is 169 g/mol. The molecule has 2 rings (SSSR count). The van der Waals surface area contributed by atoms with Crippen LogP contribution >= 0.6 is 0 Å². The zero-order valence-corrected chi connectivity index (χ0v) is 7.94. The van der Waals surface area contributed by atoms with Gasteiger partial charge in [-0.15, -0.1) is 0 Å². The molecule has 0 aromatic heterocycles. The zero-order valence-electron chi connectivity index (χ0n) is 7.94. The molecule has 2 atom stereocenters. The first-order valence-corrected chi connectivity index (χ1v) is 5.15. The third kappa shape index (κ3) is 1.64. The average Bonchev–Trinajstić information content (AvgIpc) is 2.05. The smallest absolute Gasteiger partial charge is 0.0809 e. The minimum Gasteiger partial charge on any atom is -0.372 e. The summed E-state index contributed by atoms with van der Waals surface area (Å²) in [6.07, 6.45) is 5.28. The van der Waals surface area contributed by atoms with Crippen molar-refractivity contribution in [2.75, 3.05) is 19.7 Å². The van der Waals surface area contributed by atoms with Crippen LogP contribution in [0.5, 0.6) is 0 Å². The van der Waals surface area contributed by atoms with Crippen molar-refractivity contribution in [3.8, 4) is 0 Å². The number of hydrogen-bond acceptors (Lipinski definition) is 2. The van der Waals surface area contributed by atoms with Crippen LogP contribution in [0.1, 0.15) is 32.6 Å². The van der Waals surface area contributed by atoms with E-state index in [-0.39, 0.29) is 5.60 Å². The van der Waals surface area contributed by atoms with Gasteiger partial charge in [0.15, 0.2) is 0 Å². The highest BCUT2D eigenvalue weighted by Crippen LogP contribution is 2.35. The van der Waals surface area contributed by atoms with Gasteiger partial charge in [-0.05, 0) is 18.8 Å². The maximum Gasteiger partial charge on any atom is 0.0809 e. The van der Waals surface area contributed by atoms with Gasteiger partial charge in [-0.1, -0.05) is 19.8 Å². The summed E-state index contributed by atoms with van der Waals surface area (Å²) in [5.74, 6) is 0.860. The first-order chi connectivity index (χ1) is 5.81. The Bertz CT molecular complexity index is 146. The molecule has 0 bridgehead atoms. The molecule has 1 N–H and O–H groups in total. The first-order valence-electron chi connectivity index (χ1n) is 5.15. The van der Waals surface area contributed by atoms with Crippen LogP contribution in [0.3, 0.4) is 0 Å². The fourth-order valence-corrected chi connectivity index (χ4v) is 2.61. The van der Waals surface area contributed by atoms with Crippen molar-refractivity contribution in [2.45, 2.75) is 38.2 Å². The van der Waals surface area contributed by atoms with Gasteiger partial charge in [0.1, 0.15) is 0 Å². The predicted molar refractivity (Wildman–Crippen MR) is 49.2 cm³/mol. The highest BCUT2D eigenvalue weighted by Gasteiger charge is 2.36. The summed E-state index contributed by atoms with van der Waals surface area (Å²) in [5.41, 5.74) is 0.218. The van der Waals surface area contributed by atoms with E-state index >= 15 is 0 Å². The Morgan fingerprint density at radius 1 is 1.50 bits per heavy atom. The molecule has 2 fully saturated rings. The van der Waals surface area contributed by atoms with E-state index in [0.29, 0.717) is 0 Å². The van der Waals surface area contributed by atoms with Gasteiger partial charge in [0, 0.05) is 13.1 Å². The van der Waals surface area contributed by atoms with Gasteiger partial charge in [-0.2, -0.15) is 0 Å². The van der Waals surface area contributed by atoms with Crippen molar-refractivity contribution < 1.29 is 4.74 Å². The number of ether oxygens (including phenoxy) is 1. The van der Waals surface area contributed by atoms with Crippen molar-refractivity contribution in [2.24, 2.45) is 5.92 Å². The molecule has 12 heavy (non-hydrogen) atoms. The second kappa shape index (κ2) is 3.35. The summed E-state index contributed by atoms with van der Waals surface area (Å²) in [7, 11) is 0. The van der Waals surface area contributed by atoms with Gasteiger partial charge in [0.2, 0.25) is 0 Å². The van der Waals surface area contributed by atoms with E-state index in [4.69, 9.17) is 4.74 Å². The summed E-state index contributed by atoms with van der Waals surface area (Å²) in [6, 6.07) is 0. The molecule has 1 spiro atoms. The van der Waals surface area contributed by atoms with Crippen LogP contribution in [-0.4, -0.2) is 25.3 Å². The Morgan fingerprint density at radius 3 is 3.08 bits per heavy atom. The maximum absolute atomic E-state index is 5.91. The average molecular weight is 169 g/mol. The molecular weight excluding hydrogens is 150 g/mol. The Kier molecular flexibility index (Phi) is 2.37. The summed E-state index contributed by atoms with van der Waals surface area (Å²) in [5, 5.41) is 3.44. The highest BCUT2D eigenvalue weighted by molar-refractivity contribution is 4.90. The molecule has 0 aromatic carbocycles. The second-order valence-electron chi connectivity index (χ2n) is 4.41. The highest BCUT2D eigenvalue weighted by atomic mass is 16.5. The normalized spacial score (nSPS) is 43.2. The number of rotatable bonds is 0. The van der Waals surface area contributed by atoms with Crippen LogP contribution < -0.4 is 5.32 Å². The Balaban J connectivity index is 1.97. The predicted octanol–water partition coefficient (Wildman–Crippen LogP) is 1.56. The lowest BCUT2D eigenvalue weighted by atomic mass is 9.78. The molecular formula is C10H19NO. The van der Waals surface area contributed by atoms with Crippen molar-refractivity contribution in [3.63, 3.8) is 0 Å². The largest absolute Gasteiger partial charge is 0.372 e. The minimum atomic E-state index is 0.218.